The molecule has 4 nitrogen and oxygen atoms in total. The van der Waals surface area contributed by atoms with Crippen molar-refractivity contribution in [2.45, 2.75) is 24.8 Å². The zero-order valence-electron chi connectivity index (χ0n) is 8.17. The van der Waals surface area contributed by atoms with Gasteiger partial charge in [0.05, 0.1) is 18.8 Å². The Balaban J connectivity index is 4.54. The summed E-state index contributed by atoms with van der Waals surface area (Å²) in [4.78, 5) is 10.7. The monoisotopic (exact) mass is 248 g/mol. The molecule has 0 aromatic carbocycles. The van der Waals surface area contributed by atoms with Crippen molar-refractivity contribution in [1.82, 2.24) is 0 Å². The van der Waals surface area contributed by atoms with Crippen molar-refractivity contribution in [1.29, 1.82) is 0 Å². The molecule has 0 N–H and O–H groups in total. The second-order valence-electron chi connectivity index (χ2n) is 3.01. The molecule has 0 aliphatic rings. The minimum Gasteiger partial charge on any atom is -0.469 e. The Morgan fingerprint density at radius 2 is 1.87 bits per heavy atom. The lowest BCUT2D eigenvalue weighted by atomic mass is 10.3. The van der Waals surface area contributed by atoms with Gasteiger partial charge in [-0.25, -0.2) is 8.42 Å². The molecule has 0 aliphatic carbocycles. The maximum Gasteiger partial charge on any atom is 0.402 e. The summed E-state index contributed by atoms with van der Waals surface area (Å²) in [6, 6.07) is 0. The number of carbonyl (C=O) groups is 1. The molecular formula is C7H11F3O4S. The predicted octanol–water partition coefficient (Wildman–Crippen LogP) is 0.915. The topological polar surface area (TPSA) is 60.4 Å². The number of hydrogen-bond acceptors (Lipinski definition) is 4. The molecular weight excluding hydrogens is 237 g/mol. The number of methoxy groups -OCH3 is 1. The van der Waals surface area contributed by atoms with Crippen LogP contribution in [0.5, 0.6) is 0 Å². The van der Waals surface area contributed by atoms with Crippen LogP contribution in [-0.2, 0) is 19.4 Å². The number of hydrogen-bond donors (Lipinski definition) is 0. The minimum atomic E-state index is -4.79. The van der Waals surface area contributed by atoms with Gasteiger partial charge < -0.3 is 4.74 Å². The number of halogens is 3. The molecule has 0 amide bonds. The Bertz CT molecular complexity index is 320. The maximum absolute atomic E-state index is 11.8. The van der Waals surface area contributed by atoms with Crippen molar-refractivity contribution in [2.75, 3.05) is 12.9 Å². The van der Waals surface area contributed by atoms with Gasteiger partial charge >= 0.3 is 12.1 Å². The van der Waals surface area contributed by atoms with E-state index in [0.717, 1.165) is 14.0 Å². The largest absolute Gasteiger partial charge is 0.469 e. The zero-order chi connectivity index (χ0) is 12.3. The fraction of sp³-hybridized carbons (Fsp3) is 0.857. The van der Waals surface area contributed by atoms with Crippen molar-refractivity contribution in [3.8, 4) is 0 Å². The van der Waals surface area contributed by atoms with Gasteiger partial charge in [0.2, 0.25) is 0 Å². The van der Waals surface area contributed by atoms with Crippen LogP contribution in [0.2, 0.25) is 0 Å². The molecule has 0 saturated carbocycles. The van der Waals surface area contributed by atoms with E-state index in [1.165, 1.54) is 0 Å². The predicted molar refractivity (Wildman–Crippen MR) is 45.9 cm³/mol. The molecule has 0 spiro atoms. The van der Waals surface area contributed by atoms with Crippen molar-refractivity contribution in [2.24, 2.45) is 0 Å². The fourth-order valence-corrected chi connectivity index (χ4v) is 1.95. The molecule has 0 fully saturated rings. The normalized spacial score (nSPS) is 14.7. The van der Waals surface area contributed by atoms with Gasteiger partial charge in [0, 0.05) is 0 Å². The molecule has 8 heteroatoms. The van der Waals surface area contributed by atoms with E-state index in [1.807, 2.05) is 0 Å². The SMILES string of the molecule is COC(=O)CC(C)S(=O)(=O)CC(F)(F)F. The van der Waals surface area contributed by atoms with E-state index in [1.54, 1.807) is 0 Å². The quantitative estimate of drug-likeness (QED) is 0.694. The van der Waals surface area contributed by atoms with Crippen LogP contribution in [0.25, 0.3) is 0 Å². The van der Waals surface area contributed by atoms with E-state index in [9.17, 15) is 26.4 Å². The summed E-state index contributed by atoms with van der Waals surface area (Å²) >= 11 is 0. The van der Waals surface area contributed by atoms with E-state index in [2.05, 4.69) is 4.74 Å². The highest BCUT2D eigenvalue weighted by Crippen LogP contribution is 2.21. The summed E-state index contributed by atoms with van der Waals surface area (Å²) in [5, 5.41) is -1.40. The Morgan fingerprint density at radius 3 is 2.20 bits per heavy atom. The summed E-state index contributed by atoms with van der Waals surface area (Å²) < 4.78 is 61.8. The van der Waals surface area contributed by atoms with Crippen molar-refractivity contribution in [3.63, 3.8) is 0 Å². The fourth-order valence-electron chi connectivity index (χ4n) is 0.815. The van der Waals surface area contributed by atoms with Crippen LogP contribution < -0.4 is 0 Å². The molecule has 15 heavy (non-hydrogen) atoms. The van der Waals surface area contributed by atoms with Gasteiger partial charge in [0.1, 0.15) is 5.75 Å². The number of rotatable bonds is 4. The van der Waals surface area contributed by atoms with Gasteiger partial charge in [-0.2, -0.15) is 13.2 Å². The number of sulfone groups is 1. The van der Waals surface area contributed by atoms with Crippen molar-refractivity contribution < 1.29 is 31.1 Å². The third-order valence-electron chi connectivity index (χ3n) is 1.66. The summed E-state index contributed by atoms with van der Waals surface area (Å²) in [6.07, 6.45) is -5.36. The average molecular weight is 248 g/mol. The molecule has 0 saturated heterocycles. The molecule has 0 aromatic heterocycles. The van der Waals surface area contributed by atoms with Gasteiger partial charge in [0.15, 0.2) is 9.84 Å². The average Bonchev–Trinajstić information content (AvgIpc) is 1.99. The highest BCUT2D eigenvalue weighted by Gasteiger charge is 2.38. The molecule has 0 heterocycles. The van der Waals surface area contributed by atoms with Crippen LogP contribution in [0.1, 0.15) is 13.3 Å². The molecule has 0 rings (SSSR count). The molecule has 0 radical (unpaired) electrons. The molecule has 90 valence electrons. The van der Waals surface area contributed by atoms with Gasteiger partial charge in [-0.3, -0.25) is 4.79 Å². The van der Waals surface area contributed by atoms with Crippen LogP contribution >= 0.6 is 0 Å². The van der Waals surface area contributed by atoms with Gasteiger partial charge in [0.25, 0.3) is 0 Å². The van der Waals surface area contributed by atoms with Gasteiger partial charge in [-0.1, -0.05) is 0 Å². The first-order valence-corrected chi connectivity index (χ1v) is 5.65. The van der Waals surface area contributed by atoms with Crippen molar-refractivity contribution in [3.05, 3.63) is 0 Å². The van der Waals surface area contributed by atoms with E-state index in [-0.39, 0.29) is 0 Å². The second kappa shape index (κ2) is 4.82. The summed E-state index contributed by atoms with van der Waals surface area (Å²) in [7, 11) is -3.32. The third kappa shape index (κ3) is 5.60. The maximum atomic E-state index is 11.8. The number of alkyl halides is 3. The standard InChI is InChI=1S/C7H11F3O4S/c1-5(3-6(11)14-2)15(12,13)4-7(8,9)10/h5H,3-4H2,1-2H3. The smallest absolute Gasteiger partial charge is 0.402 e. The summed E-state index contributed by atoms with van der Waals surface area (Å²) in [5.41, 5.74) is 0. The van der Waals surface area contributed by atoms with Crippen LogP contribution in [0.4, 0.5) is 13.2 Å². The van der Waals surface area contributed by atoms with E-state index in [0.29, 0.717) is 0 Å². The Morgan fingerprint density at radius 1 is 1.40 bits per heavy atom. The molecule has 0 aromatic rings. The van der Waals surface area contributed by atoms with Crippen LogP contribution in [-0.4, -0.2) is 38.7 Å². The highest BCUT2D eigenvalue weighted by atomic mass is 32.2. The molecule has 0 aliphatic heterocycles. The van der Waals surface area contributed by atoms with Gasteiger partial charge in [-0.05, 0) is 6.92 Å². The zero-order valence-corrected chi connectivity index (χ0v) is 8.98. The first-order chi connectivity index (χ1) is 6.58. The molecule has 1 unspecified atom stereocenters. The highest BCUT2D eigenvalue weighted by molar-refractivity contribution is 7.92. The van der Waals surface area contributed by atoms with Crippen LogP contribution in [0.3, 0.4) is 0 Å². The summed E-state index contributed by atoms with van der Waals surface area (Å²) in [5.74, 6) is -2.77. The lowest BCUT2D eigenvalue weighted by Crippen LogP contribution is -2.31. The minimum absolute atomic E-state index is 0.574. The number of esters is 1. The lowest BCUT2D eigenvalue weighted by Gasteiger charge is -2.13. The first-order valence-electron chi connectivity index (χ1n) is 3.93. The number of carbonyl (C=O) groups excluding carboxylic acids is 1. The van der Waals surface area contributed by atoms with Gasteiger partial charge in [-0.15, -0.1) is 0 Å². The van der Waals surface area contributed by atoms with E-state index in [4.69, 9.17) is 0 Å². The molecule has 1 atom stereocenters. The van der Waals surface area contributed by atoms with Crippen molar-refractivity contribution >= 4 is 15.8 Å². The molecule has 0 bridgehead atoms. The van der Waals surface area contributed by atoms with Crippen LogP contribution in [0, 0.1) is 0 Å². The van der Waals surface area contributed by atoms with Crippen LogP contribution in [0.15, 0.2) is 0 Å². The van der Waals surface area contributed by atoms with E-state index >= 15 is 0 Å². The summed E-state index contributed by atoms with van der Waals surface area (Å²) in [6.45, 7) is 1.04. The Hall–Kier alpha value is -0.790. The van der Waals surface area contributed by atoms with E-state index < -0.39 is 39.4 Å². The Kier molecular flexibility index (Phi) is 4.57. The Labute approximate surface area is 85.3 Å². The second-order valence-corrected chi connectivity index (χ2v) is 5.43. The third-order valence-corrected chi connectivity index (χ3v) is 3.78. The number of ether oxygens (including phenoxy) is 1. The first kappa shape index (κ1) is 14.2. The lowest BCUT2D eigenvalue weighted by molar-refractivity contribution is -0.140.